The lowest BCUT2D eigenvalue weighted by Crippen LogP contribution is -2.29. The second-order valence-electron chi connectivity index (χ2n) is 5.01. The summed E-state index contributed by atoms with van der Waals surface area (Å²) in [6, 6.07) is 5.85. The molecule has 0 saturated carbocycles. The van der Waals surface area contributed by atoms with E-state index in [0.29, 0.717) is 5.56 Å². The van der Waals surface area contributed by atoms with Crippen LogP contribution in [-0.4, -0.2) is 44.1 Å². The number of benzene rings is 1. The van der Waals surface area contributed by atoms with Crippen LogP contribution in [0.3, 0.4) is 0 Å². The van der Waals surface area contributed by atoms with Gasteiger partial charge in [-0.2, -0.15) is 0 Å². The summed E-state index contributed by atoms with van der Waals surface area (Å²) >= 11 is 0. The second-order valence-corrected chi connectivity index (χ2v) is 7.55. The lowest BCUT2D eigenvalue weighted by Gasteiger charge is -2.22. The van der Waals surface area contributed by atoms with Gasteiger partial charge in [0, 0.05) is 6.16 Å². The minimum atomic E-state index is -4.06. The highest BCUT2D eigenvalue weighted by molar-refractivity contribution is 7.58. The average Bonchev–Trinajstić information content (AvgIpc) is 2.39. The molecule has 3 atom stereocenters. The van der Waals surface area contributed by atoms with Crippen LogP contribution >= 0.6 is 7.37 Å². The molecule has 0 spiro atoms. The summed E-state index contributed by atoms with van der Waals surface area (Å²) in [5, 5.41) is 26.7. The number of rotatable bonds is 8. The molecule has 0 aromatic heterocycles. The normalized spacial score (nSPS) is 16.5. The Morgan fingerprint density at radius 1 is 1.18 bits per heavy atom. The fourth-order valence-corrected chi connectivity index (χ4v) is 3.59. The van der Waals surface area contributed by atoms with Gasteiger partial charge in [0.2, 0.25) is 7.37 Å². The molecule has 0 radical (unpaired) electrons. The number of aliphatic carboxylic acids is 2. The quantitative estimate of drug-likeness (QED) is 0.435. The van der Waals surface area contributed by atoms with E-state index in [1.54, 1.807) is 0 Å². The molecule has 0 aliphatic carbocycles. The molecule has 22 heavy (non-hydrogen) atoms. The molecule has 0 heterocycles. The number of nitrogens with two attached hydrogens (primary N) is 1. The van der Waals surface area contributed by atoms with Gasteiger partial charge in [0.1, 0.15) is 5.75 Å². The second kappa shape index (κ2) is 7.40. The first-order valence-corrected chi connectivity index (χ1v) is 8.33. The number of aromatic hydroxyl groups is 1. The molecule has 0 amide bonds. The molecule has 0 aliphatic heterocycles. The monoisotopic (exact) mass is 331 g/mol. The van der Waals surface area contributed by atoms with Gasteiger partial charge in [-0.1, -0.05) is 12.1 Å². The first-order chi connectivity index (χ1) is 10.1. The van der Waals surface area contributed by atoms with Crippen molar-refractivity contribution in [2.24, 2.45) is 11.7 Å². The van der Waals surface area contributed by atoms with Crippen molar-refractivity contribution in [2.45, 2.75) is 18.6 Å². The zero-order valence-corrected chi connectivity index (χ0v) is 12.5. The van der Waals surface area contributed by atoms with E-state index in [1.165, 1.54) is 24.3 Å². The van der Waals surface area contributed by atoms with Crippen LogP contribution in [0.5, 0.6) is 5.75 Å². The first-order valence-electron chi connectivity index (χ1n) is 6.41. The van der Waals surface area contributed by atoms with Gasteiger partial charge in [0.05, 0.1) is 18.1 Å². The number of phenols is 1. The van der Waals surface area contributed by atoms with Gasteiger partial charge in [0.25, 0.3) is 0 Å². The number of hydrogen-bond donors (Lipinski definition) is 5. The van der Waals surface area contributed by atoms with Crippen molar-refractivity contribution in [1.29, 1.82) is 0 Å². The zero-order chi connectivity index (χ0) is 16.9. The topological polar surface area (TPSA) is 158 Å². The maximum Gasteiger partial charge on any atom is 0.307 e. The third-order valence-electron chi connectivity index (χ3n) is 3.15. The van der Waals surface area contributed by atoms with Gasteiger partial charge in [-0.3, -0.25) is 14.2 Å². The molecular formula is C13H18NO7P. The summed E-state index contributed by atoms with van der Waals surface area (Å²) in [6.45, 7) is 0. The molecule has 9 heteroatoms. The number of carbonyl (C=O) groups is 2. The fraction of sp³-hybridized carbons (Fsp3) is 0.385. The Morgan fingerprint density at radius 3 is 2.18 bits per heavy atom. The Labute approximate surface area is 126 Å². The highest BCUT2D eigenvalue weighted by Gasteiger charge is 2.35. The highest BCUT2D eigenvalue weighted by atomic mass is 31.2. The maximum absolute atomic E-state index is 12.2. The third-order valence-corrected chi connectivity index (χ3v) is 5.33. The molecule has 0 fully saturated rings. The fourth-order valence-electron chi connectivity index (χ4n) is 1.91. The van der Waals surface area contributed by atoms with E-state index in [9.17, 15) is 19.0 Å². The van der Waals surface area contributed by atoms with E-state index < -0.39 is 43.6 Å². The molecule has 1 rings (SSSR count). The smallest absolute Gasteiger partial charge is 0.307 e. The Bertz CT molecular complexity index is 587. The largest absolute Gasteiger partial charge is 0.508 e. The van der Waals surface area contributed by atoms with Crippen molar-refractivity contribution in [3.8, 4) is 5.75 Å². The molecular weight excluding hydrogens is 313 g/mol. The van der Waals surface area contributed by atoms with Crippen LogP contribution in [-0.2, 0) is 20.6 Å². The van der Waals surface area contributed by atoms with Crippen molar-refractivity contribution in [3.05, 3.63) is 29.8 Å². The number of hydrogen-bond acceptors (Lipinski definition) is 5. The SMILES string of the molecule is N[C@@H](Cc1ccc(O)cc1)P(=O)(O)C[C@H](CC(=O)O)C(=O)O. The molecule has 0 bridgehead atoms. The van der Waals surface area contributed by atoms with Crippen LogP contribution in [0.25, 0.3) is 0 Å². The van der Waals surface area contributed by atoms with Gasteiger partial charge in [0.15, 0.2) is 0 Å². The Morgan fingerprint density at radius 2 is 1.73 bits per heavy atom. The predicted octanol–water partition coefficient (Wildman–Crippen LogP) is 0.665. The van der Waals surface area contributed by atoms with Gasteiger partial charge in [-0.25, -0.2) is 0 Å². The Balaban J connectivity index is 2.78. The summed E-state index contributed by atoms with van der Waals surface area (Å²) in [6.07, 6.45) is -1.44. The molecule has 0 saturated heterocycles. The zero-order valence-electron chi connectivity index (χ0n) is 11.6. The van der Waals surface area contributed by atoms with Crippen LogP contribution in [0.2, 0.25) is 0 Å². The Hall–Kier alpha value is -1.89. The predicted molar refractivity (Wildman–Crippen MR) is 77.9 cm³/mol. The van der Waals surface area contributed by atoms with Gasteiger partial charge >= 0.3 is 11.9 Å². The van der Waals surface area contributed by atoms with Crippen LogP contribution in [0, 0.1) is 5.92 Å². The van der Waals surface area contributed by atoms with E-state index in [0.717, 1.165) is 0 Å². The van der Waals surface area contributed by atoms with Crippen LogP contribution in [0.4, 0.5) is 0 Å². The lowest BCUT2D eigenvalue weighted by molar-refractivity contribution is -0.147. The molecule has 0 aliphatic rings. The minimum absolute atomic E-state index is 0.00741. The van der Waals surface area contributed by atoms with Crippen LogP contribution in [0.1, 0.15) is 12.0 Å². The standard InChI is InChI=1S/C13H18NO7P/c14-11(5-8-1-3-10(15)4-2-8)22(20,21)7-9(13(18)19)6-12(16)17/h1-4,9,11,15H,5-7,14H2,(H,16,17)(H,18,19)(H,20,21)/t9-,11+/m0/s1. The van der Waals surface area contributed by atoms with Gasteiger partial charge < -0.3 is 25.9 Å². The summed E-state index contributed by atoms with van der Waals surface area (Å²) in [4.78, 5) is 31.5. The molecule has 6 N–H and O–H groups in total. The van der Waals surface area contributed by atoms with Crippen molar-refractivity contribution in [3.63, 3.8) is 0 Å². The van der Waals surface area contributed by atoms with E-state index >= 15 is 0 Å². The average molecular weight is 331 g/mol. The number of carboxylic acids is 2. The number of carboxylic acid groups (broad SMARTS) is 2. The van der Waals surface area contributed by atoms with E-state index in [2.05, 4.69) is 0 Å². The van der Waals surface area contributed by atoms with Crippen LogP contribution < -0.4 is 5.73 Å². The van der Waals surface area contributed by atoms with Gasteiger partial charge in [-0.05, 0) is 24.1 Å². The highest BCUT2D eigenvalue weighted by Crippen LogP contribution is 2.47. The minimum Gasteiger partial charge on any atom is -0.508 e. The summed E-state index contributed by atoms with van der Waals surface area (Å²) < 4.78 is 12.2. The molecule has 122 valence electrons. The molecule has 1 unspecified atom stereocenters. The number of phenolic OH excluding ortho intramolecular Hbond substituents is 1. The van der Waals surface area contributed by atoms with E-state index in [1.807, 2.05) is 0 Å². The van der Waals surface area contributed by atoms with Crippen molar-refractivity contribution in [2.75, 3.05) is 6.16 Å². The van der Waals surface area contributed by atoms with Crippen molar-refractivity contribution in [1.82, 2.24) is 0 Å². The molecule has 8 nitrogen and oxygen atoms in total. The van der Waals surface area contributed by atoms with E-state index in [4.69, 9.17) is 21.1 Å². The van der Waals surface area contributed by atoms with E-state index in [-0.39, 0.29) is 12.2 Å². The molecule has 1 aromatic carbocycles. The summed E-state index contributed by atoms with van der Waals surface area (Å²) in [5.74, 6) is -5.46. The summed E-state index contributed by atoms with van der Waals surface area (Å²) in [5.41, 5.74) is 6.29. The third kappa shape index (κ3) is 5.48. The van der Waals surface area contributed by atoms with Gasteiger partial charge in [-0.15, -0.1) is 0 Å². The first kappa shape index (κ1) is 18.2. The molecule has 1 aromatic rings. The summed E-state index contributed by atoms with van der Waals surface area (Å²) in [7, 11) is -4.06. The Kier molecular flexibility index (Phi) is 6.11. The maximum atomic E-state index is 12.2. The van der Waals surface area contributed by atoms with Crippen molar-refractivity contribution < 1.29 is 34.4 Å². The lowest BCUT2D eigenvalue weighted by atomic mass is 10.1. The van der Waals surface area contributed by atoms with Crippen molar-refractivity contribution >= 4 is 19.3 Å². The van der Waals surface area contributed by atoms with Crippen LogP contribution in [0.15, 0.2) is 24.3 Å².